The standard InChI is InChI=1S/C17H23ClO3/c1-4-17(5-2)11-10-13(16(19)20-3)15(21-17)12-8-6-7-9-14(12)18/h6-9,13,15H,4-5,10-11H2,1-3H3. The summed E-state index contributed by atoms with van der Waals surface area (Å²) in [5, 5.41) is 0.638. The molecule has 0 bridgehead atoms. The van der Waals surface area contributed by atoms with Crippen molar-refractivity contribution in [1.82, 2.24) is 0 Å². The quantitative estimate of drug-likeness (QED) is 0.766. The van der Waals surface area contributed by atoms with Gasteiger partial charge in [-0.05, 0) is 31.7 Å². The Morgan fingerprint density at radius 3 is 2.62 bits per heavy atom. The van der Waals surface area contributed by atoms with Crippen molar-refractivity contribution in [3.05, 3.63) is 34.9 Å². The van der Waals surface area contributed by atoms with E-state index < -0.39 is 0 Å². The van der Waals surface area contributed by atoms with Gasteiger partial charge in [0.15, 0.2) is 0 Å². The predicted molar refractivity (Wildman–Crippen MR) is 83.3 cm³/mol. The Bertz CT molecular complexity index is 497. The topological polar surface area (TPSA) is 35.5 Å². The lowest BCUT2D eigenvalue weighted by atomic mass is 9.80. The number of halogens is 1. The molecule has 2 atom stereocenters. The second-order valence-electron chi connectivity index (χ2n) is 5.62. The van der Waals surface area contributed by atoms with Crippen LogP contribution in [-0.2, 0) is 14.3 Å². The molecule has 0 aliphatic carbocycles. The predicted octanol–water partition coefficient (Wildman–Crippen LogP) is 4.54. The van der Waals surface area contributed by atoms with E-state index in [1.165, 1.54) is 7.11 Å². The van der Waals surface area contributed by atoms with E-state index in [1.807, 2.05) is 24.3 Å². The first-order chi connectivity index (χ1) is 10.1. The molecule has 1 aromatic rings. The first kappa shape index (κ1) is 16.3. The first-order valence-electron chi connectivity index (χ1n) is 7.57. The highest BCUT2D eigenvalue weighted by Gasteiger charge is 2.44. The van der Waals surface area contributed by atoms with E-state index in [9.17, 15) is 4.79 Å². The minimum Gasteiger partial charge on any atom is -0.469 e. The third kappa shape index (κ3) is 3.24. The Balaban J connectivity index is 2.38. The number of carbonyl (C=O) groups is 1. The molecular formula is C17H23ClO3. The van der Waals surface area contributed by atoms with Gasteiger partial charge in [-0.1, -0.05) is 43.6 Å². The van der Waals surface area contributed by atoms with Crippen LogP contribution >= 0.6 is 11.6 Å². The Labute approximate surface area is 131 Å². The zero-order valence-electron chi connectivity index (χ0n) is 12.9. The summed E-state index contributed by atoms with van der Waals surface area (Å²) in [7, 11) is 1.42. The molecule has 0 N–H and O–H groups in total. The molecule has 0 radical (unpaired) electrons. The maximum absolute atomic E-state index is 12.1. The third-order valence-corrected chi connectivity index (χ3v) is 5.00. The average molecular weight is 311 g/mol. The van der Waals surface area contributed by atoms with Gasteiger partial charge in [-0.2, -0.15) is 0 Å². The molecule has 1 fully saturated rings. The highest BCUT2D eigenvalue weighted by molar-refractivity contribution is 6.31. The van der Waals surface area contributed by atoms with Crippen LogP contribution in [0.3, 0.4) is 0 Å². The molecule has 2 unspecified atom stereocenters. The summed E-state index contributed by atoms with van der Waals surface area (Å²) >= 11 is 6.32. The van der Waals surface area contributed by atoms with Gasteiger partial charge >= 0.3 is 5.97 Å². The minimum absolute atomic E-state index is 0.172. The number of carbonyl (C=O) groups excluding carboxylic acids is 1. The fraction of sp³-hybridized carbons (Fsp3) is 0.588. The average Bonchev–Trinajstić information content (AvgIpc) is 2.54. The molecule has 1 aromatic carbocycles. The summed E-state index contributed by atoms with van der Waals surface area (Å²) in [4.78, 5) is 12.1. The number of methoxy groups -OCH3 is 1. The van der Waals surface area contributed by atoms with Crippen LogP contribution in [0.25, 0.3) is 0 Å². The van der Waals surface area contributed by atoms with Crippen molar-refractivity contribution in [3.63, 3.8) is 0 Å². The van der Waals surface area contributed by atoms with E-state index in [-0.39, 0.29) is 23.6 Å². The normalized spacial score (nSPS) is 24.6. The lowest BCUT2D eigenvalue weighted by molar-refractivity contribution is -0.182. The van der Waals surface area contributed by atoms with Crippen LogP contribution in [-0.4, -0.2) is 18.7 Å². The van der Waals surface area contributed by atoms with Crippen LogP contribution in [0.2, 0.25) is 5.02 Å². The molecule has 21 heavy (non-hydrogen) atoms. The van der Waals surface area contributed by atoms with E-state index >= 15 is 0 Å². The van der Waals surface area contributed by atoms with E-state index in [4.69, 9.17) is 21.1 Å². The number of ether oxygens (including phenoxy) is 2. The fourth-order valence-electron chi connectivity index (χ4n) is 3.13. The molecule has 116 valence electrons. The van der Waals surface area contributed by atoms with Gasteiger partial charge in [-0.25, -0.2) is 0 Å². The minimum atomic E-state index is -0.334. The molecular weight excluding hydrogens is 288 g/mol. The molecule has 0 aromatic heterocycles. The Morgan fingerprint density at radius 2 is 2.05 bits per heavy atom. The van der Waals surface area contributed by atoms with Crippen LogP contribution in [0, 0.1) is 5.92 Å². The van der Waals surface area contributed by atoms with E-state index in [0.717, 1.165) is 31.2 Å². The summed E-state index contributed by atoms with van der Waals surface area (Å²) in [5.41, 5.74) is 0.703. The van der Waals surface area contributed by atoms with Gasteiger partial charge in [-0.15, -0.1) is 0 Å². The van der Waals surface area contributed by atoms with Crippen LogP contribution in [0.5, 0.6) is 0 Å². The van der Waals surface area contributed by atoms with Crippen molar-refractivity contribution in [2.45, 2.75) is 51.2 Å². The van der Waals surface area contributed by atoms with Crippen molar-refractivity contribution in [3.8, 4) is 0 Å². The van der Waals surface area contributed by atoms with Gasteiger partial charge in [0, 0.05) is 10.6 Å². The molecule has 1 aliphatic rings. The van der Waals surface area contributed by atoms with Crippen molar-refractivity contribution in [2.24, 2.45) is 5.92 Å². The Kier molecular flexibility index (Phi) is 5.28. The highest BCUT2D eigenvalue weighted by atomic mass is 35.5. The van der Waals surface area contributed by atoms with Gasteiger partial charge in [0.25, 0.3) is 0 Å². The fourth-order valence-corrected chi connectivity index (χ4v) is 3.37. The summed E-state index contributed by atoms with van der Waals surface area (Å²) in [6.07, 6.45) is 3.17. The van der Waals surface area contributed by atoms with Crippen LogP contribution < -0.4 is 0 Å². The van der Waals surface area contributed by atoms with Crippen LogP contribution in [0.15, 0.2) is 24.3 Å². The van der Waals surface area contributed by atoms with Gasteiger partial charge in [0.05, 0.1) is 24.7 Å². The van der Waals surface area contributed by atoms with Gasteiger partial charge in [0.2, 0.25) is 0 Å². The molecule has 0 spiro atoms. The summed E-state index contributed by atoms with van der Waals surface area (Å²) < 4.78 is 11.3. The number of hydrogen-bond acceptors (Lipinski definition) is 3. The molecule has 1 saturated heterocycles. The van der Waals surface area contributed by atoms with Gasteiger partial charge < -0.3 is 9.47 Å². The molecule has 1 aliphatic heterocycles. The van der Waals surface area contributed by atoms with E-state index in [2.05, 4.69) is 13.8 Å². The molecule has 2 rings (SSSR count). The smallest absolute Gasteiger partial charge is 0.311 e. The second-order valence-corrected chi connectivity index (χ2v) is 6.03. The number of benzene rings is 1. The molecule has 3 nitrogen and oxygen atoms in total. The molecule has 0 saturated carbocycles. The van der Waals surface area contributed by atoms with Crippen molar-refractivity contribution < 1.29 is 14.3 Å². The number of rotatable bonds is 4. The number of esters is 1. The van der Waals surface area contributed by atoms with Crippen molar-refractivity contribution in [2.75, 3.05) is 7.11 Å². The SMILES string of the molecule is CCC1(CC)CCC(C(=O)OC)C(c2ccccc2Cl)O1. The highest BCUT2D eigenvalue weighted by Crippen LogP contribution is 2.46. The van der Waals surface area contributed by atoms with Gasteiger partial charge in [0.1, 0.15) is 0 Å². The van der Waals surface area contributed by atoms with Crippen LogP contribution in [0.4, 0.5) is 0 Å². The molecule has 0 amide bonds. The largest absolute Gasteiger partial charge is 0.469 e. The first-order valence-corrected chi connectivity index (χ1v) is 7.94. The lowest BCUT2D eigenvalue weighted by Crippen LogP contribution is -2.42. The zero-order chi connectivity index (χ0) is 15.5. The molecule has 1 heterocycles. The van der Waals surface area contributed by atoms with Gasteiger partial charge in [-0.3, -0.25) is 4.79 Å². The van der Waals surface area contributed by atoms with Crippen molar-refractivity contribution in [1.29, 1.82) is 0 Å². The maximum atomic E-state index is 12.1. The maximum Gasteiger partial charge on any atom is 0.311 e. The van der Waals surface area contributed by atoms with E-state index in [0.29, 0.717) is 5.02 Å². The summed E-state index contributed by atoms with van der Waals surface area (Å²) in [6, 6.07) is 7.58. The van der Waals surface area contributed by atoms with Crippen molar-refractivity contribution >= 4 is 17.6 Å². The van der Waals surface area contributed by atoms with Crippen LogP contribution in [0.1, 0.15) is 51.2 Å². The zero-order valence-corrected chi connectivity index (χ0v) is 13.7. The lowest BCUT2D eigenvalue weighted by Gasteiger charge is -2.44. The van der Waals surface area contributed by atoms with E-state index in [1.54, 1.807) is 0 Å². The summed E-state index contributed by atoms with van der Waals surface area (Å²) in [6.45, 7) is 4.26. The second kappa shape index (κ2) is 6.80. The monoisotopic (exact) mass is 310 g/mol. The molecule has 4 heteroatoms. The summed E-state index contributed by atoms with van der Waals surface area (Å²) in [5.74, 6) is -0.512. The number of hydrogen-bond donors (Lipinski definition) is 0. The Hall–Kier alpha value is -1.06. The Morgan fingerprint density at radius 1 is 1.38 bits per heavy atom. The third-order valence-electron chi connectivity index (χ3n) is 4.66.